The number of aromatic amines is 1. The zero-order valence-electron chi connectivity index (χ0n) is 11.4. The molecule has 0 radical (unpaired) electrons. The molecule has 0 atom stereocenters. The maximum atomic E-state index is 10.9. The van der Waals surface area contributed by atoms with Crippen LogP contribution in [-0.2, 0) is 4.79 Å². The minimum atomic E-state index is 0.107. The standard InChI is InChI=1S/C14H13N5OS/c1-10(20)8-21-14-16-13(17-18-14)11-2-4-12(5-3-11)19-7-6-15-9-19/h2-7,9H,8H2,1H3,(H,16,17,18). The molecule has 2 heterocycles. The molecule has 0 bridgehead atoms. The van der Waals surface area contributed by atoms with Gasteiger partial charge in [-0.2, -0.15) is 0 Å². The number of carbonyl (C=O) groups is 1. The second kappa shape index (κ2) is 5.92. The summed E-state index contributed by atoms with van der Waals surface area (Å²) in [6.07, 6.45) is 5.38. The fourth-order valence-electron chi connectivity index (χ4n) is 1.81. The molecule has 7 heteroatoms. The van der Waals surface area contributed by atoms with Crippen LogP contribution < -0.4 is 0 Å². The molecule has 0 saturated heterocycles. The second-order valence-corrected chi connectivity index (χ2v) is 5.42. The van der Waals surface area contributed by atoms with Crippen molar-refractivity contribution >= 4 is 17.5 Å². The molecule has 6 nitrogen and oxygen atoms in total. The van der Waals surface area contributed by atoms with Crippen molar-refractivity contribution in [2.45, 2.75) is 12.1 Å². The molecule has 0 saturated carbocycles. The Balaban J connectivity index is 1.76. The SMILES string of the molecule is CC(=O)CSc1n[nH]c(-c2ccc(-n3ccnc3)cc2)n1. The fraction of sp³-hybridized carbons (Fsp3) is 0.143. The molecule has 0 aliphatic rings. The van der Waals surface area contributed by atoms with Crippen LogP contribution in [0.25, 0.3) is 17.1 Å². The van der Waals surface area contributed by atoms with E-state index in [-0.39, 0.29) is 5.78 Å². The van der Waals surface area contributed by atoms with E-state index in [1.807, 2.05) is 35.0 Å². The van der Waals surface area contributed by atoms with Gasteiger partial charge in [0.05, 0.1) is 12.1 Å². The van der Waals surface area contributed by atoms with Crippen LogP contribution in [0.3, 0.4) is 0 Å². The molecular formula is C14H13N5OS. The lowest BCUT2D eigenvalue weighted by Crippen LogP contribution is -1.93. The van der Waals surface area contributed by atoms with Gasteiger partial charge in [-0.25, -0.2) is 9.97 Å². The molecule has 0 fully saturated rings. The highest BCUT2D eigenvalue weighted by Crippen LogP contribution is 2.20. The van der Waals surface area contributed by atoms with Crippen molar-refractivity contribution in [3.05, 3.63) is 43.0 Å². The first-order chi connectivity index (χ1) is 10.2. The van der Waals surface area contributed by atoms with Crippen molar-refractivity contribution in [3.63, 3.8) is 0 Å². The Labute approximate surface area is 125 Å². The number of ketones is 1. The summed E-state index contributed by atoms with van der Waals surface area (Å²) >= 11 is 1.33. The van der Waals surface area contributed by atoms with Gasteiger partial charge in [-0.1, -0.05) is 11.8 Å². The summed E-state index contributed by atoms with van der Waals surface area (Å²) in [5, 5.41) is 7.57. The van der Waals surface area contributed by atoms with Crippen LogP contribution >= 0.6 is 11.8 Å². The van der Waals surface area contributed by atoms with E-state index in [0.717, 1.165) is 11.3 Å². The summed E-state index contributed by atoms with van der Waals surface area (Å²) in [6.45, 7) is 1.55. The first-order valence-corrected chi connectivity index (χ1v) is 7.34. The van der Waals surface area contributed by atoms with E-state index in [9.17, 15) is 4.79 Å². The van der Waals surface area contributed by atoms with Crippen molar-refractivity contribution in [1.82, 2.24) is 24.7 Å². The quantitative estimate of drug-likeness (QED) is 0.732. The Kier molecular flexibility index (Phi) is 3.83. The van der Waals surface area contributed by atoms with Crippen molar-refractivity contribution in [2.24, 2.45) is 0 Å². The Bertz CT molecular complexity index is 733. The summed E-state index contributed by atoms with van der Waals surface area (Å²) in [4.78, 5) is 19.3. The van der Waals surface area contributed by atoms with E-state index in [1.54, 1.807) is 19.4 Å². The highest BCUT2D eigenvalue weighted by Gasteiger charge is 2.07. The van der Waals surface area contributed by atoms with Crippen LogP contribution in [-0.4, -0.2) is 36.3 Å². The number of hydrogen-bond donors (Lipinski definition) is 1. The third-order valence-electron chi connectivity index (χ3n) is 2.81. The molecule has 0 aliphatic carbocycles. The van der Waals surface area contributed by atoms with E-state index in [0.29, 0.717) is 16.7 Å². The van der Waals surface area contributed by atoms with Gasteiger partial charge < -0.3 is 4.57 Å². The minimum Gasteiger partial charge on any atom is -0.306 e. The maximum absolute atomic E-state index is 10.9. The molecule has 106 valence electrons. The number of carbonyl (C=O) groups excluding carboxylic acids is 1. The predicted octanol–water partition coefficient (Wildman–Crippen LogP) is 2.34. The Hall–Kier alpha value is -2.41. The first-order valence-electron chi connectivity index (χ1n) is 6.36. The molecule has 0 unspecified atom stereocenters. The van der Waals surface area contributed by atoms with Crippen LogP contribution in [0.2, 0.25) is 0 Å². The normalized spacial score (nSPS) is 10.7. The Morgan fingerprint density at radius 3 is 2.81 bits per heavy atom. The van der Waals surface area contributed by atoms with Crippen LogP contribution in [0, 0.1) is 0 Å². The van der Waals surface area contributed by atoms with Gasteiger partial charge in [-0.15, -0.1) is 5.10 Å². The molecule has 3 aromatic rings. The number of thioether (sulfide) groups is 1. The lowest BCUT2D eigenvalue weighted by atomic mass is 10.2. The predicted molar refractivity (Wildman–Crippen MR) is 80.3 cm³/mol. The van der Waals surface area contributed by atoms with E-state index in [1.165, 1.54) is 11.8 Å². The smallest absolute Gasteiger partial charge is 0.209 e. The lowest BCUT2D eigenvalue weighted by molar-refractivity contribution is -0.114. The van der Waals surface area contributed by atoms with Gasteiger partial charge in [0, 0.05) is 23.6 Å². The van der Waals surface area contributed by atoms with Crippen LogP contribution in [0.15, 0.2) is 48.1 Å². The number of H-pyrrole nitrogens is 1. The van der Waals surface area contributed by atoms with Gasteiger partial charge in [0.2, 0.25) is 5.16 Å². The summed E-state index contributed by atoms with van der Waals surface area (Å²) in [5.74, 6) is 1.19. The average Bonchev–Trinajstić information content (AvgIpc) is 3.17. The topological polar surface area (TPSA) is 76.5 Å². The van der Waals surface area contributed by atoms with E-state index in [4.69, 9.17) is 0 Å². The lowest BCUT2D eigenvalue weighted by Gasteiger charge is -2.02. The number of Topliss-reactive ketones (excluding diaryl/α,β-unsaturated/α-hetero) is 1. The van der Waals surface area contributed by atoms with E-state index < -0.39 is 0 Å². The molecule has 0 spiro atoms. The third-order valence-corrected chi connectivity index (χ3v) is 3.80. The van der Waals surface area contributed by atoms with E-state index >= 15 is 0 Å². The van der Waals surface area contributed by atoms with Gasteiger partial charge in [-0.05, 0) is 31.2 Å². The van der Waals surface area contributed by atoms with Gasteiger partial charge in [0.25, 0.3) is 0 Å². The number of rotatable bonds is 5. The molecule has 0 amide bonds. The van der Waals surface area contributed by atoms with Crippen molar-refractivity contribution in [3.8, 4) is 17.1 Å². The highest BCUT2D eigenvalue weighted by atomic mass is 32.2. The zero-order chi connectivity index (χ0) is 14.7. The minimum absolute atomic E-state index is 0.107. The number of nitrogens with one attached hydrogen (secondary N) is 1. The third kappa shape index (κ3) is 3.19. The molecule has 3 rings (SSSR count). The molecule has 1 aromatic carbocycles. The molecule has 21 heavy (non-hydrogen) atoms. The summed E-state index contributed by atoms with van der Waals surface area (Å²) < 4.78 is 1.93. The largest absolute Gasteiger partial charge is 0.306 e. The highest BCUT2D eigenvalue weighted by molar-refractivity contribution is 7.99. The Morgan fingerprint density at radius 2 is 2.14 bits per heavy atom. The molecule has 1 N–H and O–H groups in total. The van der Waals surface area contributed by atoms with Crippen molar-refractivity contribution in [1.29, 1.82) is 0 Å². The summed E-state index contributed by atoms with van der Waals surface area (Å²) in [5.41, 5.74) is 1.97. The summed E-state index contributed by atoms with van der Waals surface area (Å²) in [6, 6.07) is 7.91. The number of aromatic nitrogens is 5. The number of benzene rings is 1. The monoisotopic (exact) mass is 299 g/mol. The molecule has 2 aromatic heterocycles. The van der Waals surface area contributed by atoms with Gasteiger partial charge in [0.15, 0.2) is 5.82 Å². The van der Waals surface area contributed by atoms with Crippen LogP contribution in [0.4, 0.5) is 0 Å². The fourth-order valence-corrected chi connectivity index (χ4v) is 2.41. The zero-order valence-corrected chi connectivity index (χ0v) is 12.2. The van der Waals surface area contributed by atoms with E-state index in [2.05, 4.69) is 20.2 Å². The number of nitrogens with zero attached hydrogens (tertiary/aromatic N) is 4. The molecular weight excluding hydrogens is 286 g/mol. The van der Waals surface area contributed by atoms with Crippen molar-refractivity contribution in [2.75, 3.05) is 5.75 Å². The first kappa shape index (κ1) is 13.6. The summed E-state index contributed by atoms with van der Waals surface area (Å²) in [7, 11) is 0. The van der Waals surface area contributed by atoms with Crippen molar-refractivity contribution < 1.29 is 4.79 Å². The Morgan fingerprint density at radius 1 is 1.33 bits per heavy atom. The maximum Gasteiger partial charge on any atom is 0.209 e. The van der Waals surface area contributed by atoms with Gasteiger partial charge in [-0.3, -0.25) is 9.89 Å². The van der Waals surface area contributed by atoms with Crippen LogP contribution in [0.5, 0.6) is 0 Å². The number of imidazole rings is 1. The average molecular weight is 299 g/mol. The number of hydrogen-bond acceptors (Lipinski definition) is 5. The second-order valence-electron chi connectivity index (χ2n) is 4.47. The van der Waals surface area contributed by atoms with Gasteiger partial charge >= 0.3 is 0 Å². The molecule has 0 aliphatic heterocycles. The van der Waals surface area contributed by atoms with Crippen LogP contribution in [0.1, 0.15) is 6.92 Å². The van der Waals surface area contributed by atoms with Gasteiger partial charge in [0.1, 0.15) is 5.78 Å².